The molecule has 28 heavy (non-hydrogen) atoms. The van der Waals surface area contributed by atoms with Gasteiger partial charge in [0.25, 0.3) is 5.91 Å². The molecule has 1 amide bonds. The number of hydrogen-bond acceptors (Lipinski definition) is 5. The largest absolute Gasteiger partial charge is 0.497 e. The standard InChI is InChI=1S/C18H28N4O4S.HI/c1-18(2)13-22(11-12-27(18,24)25)17(19-3)21-10-9-20-16(23)14-5-7-15(26-4)8-6-14;/h5-8H,9-13H2,1-4H3,(H,19,21)(H,20,23);1H. The predicted octanol–water partition coefficient (Wildman–Crippen LogP) is 1.13. The van der Waals surface area contributed by atoms with E-state index in [0.717, 1.165) is 0 Å². The molecule has 0 saturated carbocycles. The van der Waals surface area contributed by atoms with E-state index in [9.17, 15) is 13.2 Å². The maximum absolute atomic E-state index is 12.1. The van der Waals surface area contributed by atoms with Gasteiger partial charge in [-0.15, -0.1) is 24.0 Å². The molecule has 1 aliphatic rings. The molecule has 0 spiro atoms. The molecule has 1 heterocycles. The van der Waals surface area contributed by atoms with Gasteiger partial charge in [-0.2, -0.15) is 0 Å². The van der Waals surface area contributed by atoms with E-state index in [-0.39, 0.29) is 35.6 Å². The first-order chi connectivity index (χ1) is 12.7. The van der Waals surface area contributed by atoms with Crippen LogP contribution in [0.1, 0.15) is 24.2 Å². The van der Waals surface area contributed by atoms with Gasteiger partial charge in [0.2, 0.25) is 0 Å². The number of halogens is 1. The van der Waals surface area contributed by atoms with Crippen LogP contribution in [0.15, 0.2) is 29.3 Å². The molecule has 0 atom stereocenters. The van der Waals surface area contributed by atoms with Gasteiger partial charge in [-0.25, -0.2) is 8.42 Å². The zero-order valence-electron chi connectivity index (χ0n) is 16.7. The van der Waals surface area contributed by atoms with Gasteiger partial charge < -0.3 is 20.3 Å². The van der Waals surface area contributed by atoms with Crippen molar-refractivity contribution in [3.63, 3.8) is 0 Å². The summed E-state index contributed by atoms with van der Waals surface area (Å²) in [5.41, 5.74) is 0.558. The number of carbonyl (C=O) groups excluding carboxylic acids is 1. The number of sulfone groups is 1. The molecule has 10 heteroatoms. The topological polar surface area (TPSA) is 100 Å². The highest BCUT2D eigenvalue weighted by molar-refractivity contribution is 14.0. The number of aliphatic imine (C=N–C) groups is 1. The maximum Gasteiger partial charge on any atom is 0.251 e. The highest BCUT2D eigenvalue weighted by Gasteiger charge is 2.40. The average Bonchev–Trinajstić information content (AvgIpc) is 2.64. The van der Waals surface area contributed by atoms with Gasteiger partial charge in [-0.3, -0.25) is 9.79 Å². The zero-order valence-corrected chi connectivity index (χ0v) is 19.8. The Balaban J connectivity index is 0.00000392. The number of guanidine groups is 1. The van der Waals surface area contributed by atoms with Crippen molar-refractivity contribution in [1.29, 1.82) is 0 Å². The summed E-state index contributed by atoms with van der Waals surface area (Å²) in [6.45, 7) is 5.15. The molecule has 0 bridgehead atoms. The molecule has 1 aromatic carbocycles. The highest BCUT2D eigenvalue weighted by atomic mass is 127. The van der Waals surface area contributed by atoms with Crippen LogP contribution in [0.3, 0.4) is 0 Å². The number of nitrogens with one attached hydrogen (secondary N) is 2. The summed E-state index contributed by atoms with van der Waals surface area (Å²) in [5.74, 6) is 1.27. The molecule has 2 N–H and O–H groups in total. The Kier molecular flexibility index (Phi) is 8.99. The fraction of sp³-hybridized carbons (Fsp3) is 0.556. The SMILES string of the molecule is CN=C(NCCNC(=O)c1ccc(OC)cc1)N1CCS(=O)(=O)C(C)(C)C1.I. The van der Waals surface area contributed by atoms with Crippen molar-refractivity contribution >= 4 is 45.7 Å². The van der Waals surface area contributed by atoms with Crippen molar-refractivity contribution in [3.8, 4) is 5.75 Å². The Morgan fingerprint density at radius 3 is 2.36 bits per heavy atom. The summed E-state index contributed by atoms with van der Waals surface area (Å²) < 4.78 is 28.5. The summed E-state index contributed by atoms with van der Waals surface area (Å²) >= 11 is 0. The Labute approximate surface area is 184 Å². The second-order valence-corrected chi connectivity index (χ2v) is 9.70. The fourth-order valence-electron chi connectivity index (χ4n) is 2.85. The van der Waals surface area contributed by atoms with Gasteiger partial charge in [-0.05, 0) is 38.1 Å². The van der Waals surface area contributed by atoms with Gasteiger partial charge >= 0.3 is 0 Å². The van der Waals surface area contributed by atoms with Crippen LogP contribution in [-0.4, -0.2) is 76.0 Å². The number of hydrogen-bond donors (Lipinski definition) is 2. The normalized spacial score (nSPS) is 18.0. The Bertz CT molecular complexity index is 794. The van der Waals surface area contributed by atoms with Crippen molar-refractivity contribution < 1.29 is 17.9 Å². The average molecular weight is 524 g/mol. The molecular weight excluding hydrogens is 495 g/mol. The molecule has 158 valence electrons. The van der Waals surface area contributed by atoms with Crippen molar-refractivity contribution in [2.45, 2.75) is 18.6 Å². The lowest BCUT2D eigenvalue weighted by Crippen LogP contribution is -2.57. The van der Waals surface area contributed by atoms with Crippen molar-refractivity contribution in [1.82, 2.24) is 15.5 Å². The minimum atomic E-state index is -3.10. The molecule has 0 aromatic heterocycles. The third-order valence-electron chi connectivity index (χ3n) is 4.60. The minimum absolute atomic E-state index is 0. The molecule has 0 aliphatic carbocycles. The van der Waals surface area contributed by atoms with Gasteiger partial charge in [0, 0.05) is 38.8 Å². The third kappa shape index (κ3) is 5.97. The van der Waals surface area contributed by atoms with E-state index in [2.05, 4.69) is 15.6 Å². The lowest BCUT2D eigenvalue weighted by atomic mass is 10.2. The molecule has 1 saturated heterocycles. The highest BCUT2D eigenvalue weighted by Crippen LogP contribution is 2.23. The van der Waals surface area contributed by atoms with Crippen molar-refractivity contribution in [2.75, 3.05) is 46.1 Å². The lowest BCUT2D eigenvalue weighted by molar-refractivity contribution is 0.0954. The molecule has 2 rings (SSSR count). The van der Waals surface area contributed by atoms with E-state index in [0.29, 0.717) is 43.5 Å². The van der Waals surface area contributed by atoms with Crippen molar-refractivity contribution in [2.24, 2.45) is 4.99 Å². The summed E-state index contributed by atoms with van der Waals surface area (Å²) in [5, 5.41) is 6.01. The lowest BCUT2D eigenvalue weighted by Gasteiger charge is -2.39. The Morgan fingerprint density at radius 1 is 1.21 bits per heavy atom. The quantitative estimate of drug-likeness (QED) is 0.259. The van der Waals surface area contributed by atoms with E-state index in [1.165, 1.54) is 0 Å². The van der Waals surface area contributed by atoms with E-state index >= 15 is 0 Å². The zero-order chi connectivity index (χ0) is 20.1. The number of nitrogens with zero attached hydrogens (tertiary/aromatic N) is 2. The number of amides is 1. The second kappa shape index (κ2) is 10.3. The fourth-order valence-corrected chi connectivity index (χ4v) is 4.22. The summed E-state index contributed by atoms with van der Waals surface area (Å²) in [7, 11) is 0.139. The van der Waals surface area contributed by atoms with Crippen LogP contribution in [0.5, 0.6) is 5.75 Å². The first kappa shape index (κ1) is 24.5. The smallest absolute Gasteiger partial charge is 0.251 e. The third-order valence-corrected chi connectivity index (χ3v) is 7.13. The predicted molar refractivity (Wildman–Crippen MR) is 122 cm³/mol. The van der Waals surface area contributed by atoms with Crippen LogP contribution < -0.4 is 15.4 Å². The first-order valence-corrected chi connectivity index (χ1v) is 10.5. The van der Waals surface area contributed by atoms with E-state index < -0.39 is 14.6 Å². The molecule has 8 nitrogen and oxygen atoms in total. The molecule has 1 aromatic rings. The van der Waals surface area contributed by atoms with Gasteiger partial charge in [0.1, 0.15) is 5.75 Å². The first-order valence-electron chi connectivity index (χ1n) is 8.80. The number of carbonyl (C=O) groups is 1. The monoisotopic (exact) mass is 524 g/mol. The van der Waals surface area contributed by atoms with Crippen molar-refractivity contribution in [3.05, 3.63) is 29.8 Å². The van der Waals surface area contributed by atoms with Gasteiger partial charge in [-0.1, -0.05) is 0 Å². The Morgan fingerprint density at radius 2 is 1.82 bits per heavy atom. The van der Waals surface area contributed by atoms with E-state index in [1.54, 1.807) is 52.3 Å². The molecule has 0 unspecified atom stereocenters. The maximum atomic E-state index is 12.1. The van der Waals surface area contributed by atoms with E-state index in [4.69, 9.17) is 4.74 Å². The second-order valence-electron chi connectivity index (χ2n) is 6.96. The number of benzene rings is 1. The number of rotatable bonds is 5. The van der Waals surface area contributed by atoms with Crippen LogP contribution in [0.25, 0.3) is 0 Å². The van der Waals surface area contributed by atoms with Crippen LogP contribution >= 0.6 is 24.0 Å². The minimum Gasteiger partial charge on any atom is -0.497 e. The molecule has 1 aliphatic heterocycles. The number of ether oxygens (including phenoxy) is 1. The molecular formula is C18H29IN4O4S. The summed E-state index contributed by atoms with van der Waals surface area (Å²) in [6.07, 6.45) is 0. The van der Waals surface area contributed by atoms with Gasteiger partial charge in [0.05, 0.1) is 17.6 Å². The number of methoxy groups -OCH3 is 1. The molecule has 0 radical (unpaired) electrons. The van der Waals surface area contributed by atoms with E-state index in [1.807, 2.05) is 4.90 Å². The van der Waals surface area contributed by atoms with Crippen LogP contribution in [-0.2, 0) is 9.84 Å². The van der Waals surface area contributed by atoms with Crippen LogP contribution in [0.4, 0.5) is 0 Å². The van der Waals surface area contributed by atoms with Crippen LogP contribution in [0, 0.1) is 0 Å². The Hall–Kier alpha value is -1.56. The molecule has 1 fully saturated rings. The summed E-state index contributed by atoms with van der Waals surface area (Å²) in [4.78, 5) is 18.3. The summed E-state index contributed by atoms with van der Waals surface area (Å²) in [6, 6.07) is 6.88. The van der Waals surface area contributed by atoms with Gasteiger partial charge in [0.15, 0.2) is 15.8 Å². The van der Waals surface area contributed by atoms with Crippen LogP contribution in [0.2, 0.25) is 0 Å².